The molecule has 4 N–H and O–H groups in total. The molecule has 6 heteroatoms. The van der Waals surface area contributed by atoms with E-state index in [0.29, 0.717) is 18.8 Å². The lowest BCUT2D eigenvalue weighted by molar-refractivity contribution is 0.281. The van der Waals surface area contributed by atoms with Crippen LogP contribution in [0.4, 0.5) is 16.4 Å². The van der Waals surface area contributed by atoms with Crippen LogP contribution < -0.4 is 15.5 Å². The molecule has 0 bridgehead atoms. The SMILES string of the molecule is CN(C)c1ccc(-c2cc(N)ccc2N(CCO)CCO)s1. The molecule has 0 atom stereocenters. The summed E-state index contributed by atoms with van der Waals surface area (Å²) < 4.78 is 0. The van der Waals surface area contributed by atoms with Gasteiger partial charge >= 0.3 is 0 Å². The monoisotopic (exact) mass is 321 g/mol. The molecule has 22 heavy (non-hydrogen) atoms. The van der Waals surface area contributed by atoms with E-state index < -0.39 is 0 Å². The van der Waals surface area contributed by atoms with E-state index in [1.165, 1.54) is 5.00 Å². The van der Waals surface area contributed by atoms with Crippen LogP contribution in [0.3, 0.4) is 0 Å². The van der Waals surface area contributed by atoms with Gasteiger partial charge in [0.15, 0.2) is 0 Å². The second-order valence-electron chi connectivity index (χ2n) is 5.24. The van der Waals surface area contributed by atoms with Gasteiger partial charge in [0.1, 0.15) is 0 Å². The third-order valence-corrected chi connectivity index (χ3v) is 4.69. The summed E-state index contributed by atoms with van der Waals surface area (Å²) in [7, 11) is 4.03. The molecule has 2 rings (SSSR count). The van der Waals surface area contributed by atoms with Crippen LogP contribution in [0, 0.1) is 0 Å². The number of nitrogens with zero attached hydrogens (tertiary/aromatic N) is 2. The third kappa shape index (κ3) is 3.71. The molecule has 0 fully saturated rings. The molecule has 0 spiro atoms. The summed E-state index contributed by atoms with van der Waals surface area (Å²) in [6.07, 6.45) is 0. The Bertz CT molecular complexity index is 607. The van der Waals surface area contributed by atoms with Gasteiger partial charge in [0, 0.05) is 49.0 Å². The second kappa shape index (κ2) is 7.49. The highest BCUT2D eigenvalue weighted by molar-refractivity contribution is 7.19. The molecule has 2 aromatic rings. The smallest absolute Gasteiger partial charge is 0.0909 e. The van der Waals surface area contributed by atoms with Crippen LogP contribution in [-0.2, 0) is 0 Å². The Labute approximate surface area is 135 Å². The van der Waals surface area contributed by atoms with E-state index in [2.05, 4.69) is 17.0 Å². The van der Waals surface area contributed by atoms with Crippen molar-refractivity contribution < 1.29 is 10.2 Å². The van der Waals surface area contributed by atoms with Crippen molar-refractivity contribution in [3.05, 3.63) is 30.3 Å². The van der Waals surface area contributed by atoms with Gasteiger partial charge in [-0.05, 0) is 30.3 Å². The second-order valence-corrected chi connectivity index (χ2v) is 6.31. The van der Waals surface area contributed by atoms with Crippen molar-refractivity contribution in [3.63, 3.8) is 0 Å². The Morgan fingerprint density at radius 3 is 2.27 bits per heavy atom. The number of thiophene rings is 1. The molecule has 1 aromatic carbocycles. The predicted octanol–water partition coefficient (Wildman–Crippen LogP) is 1.85. The molecule has 0 unspecified atom stereocenters. The van der Waals surface area contributed by atoms with Gasteiger partial charge in [-0.15, -0.1) is 11.3 Å². The van der Waals surface area contributed by atoms with Crippen molar-refractivity contribution in [1.82, 2.24) is 0 Å². The number of nitrogen functional groups attached to an aromatic ring is 1. The van der Waals surface area contributed by atoms with E-state index in [4.69, 9.17) is 5.73 Å². The van der Waals surface area contributed by atoms with Crippen LogP contribution in [-0.4, -0.2) is 50.6 Å². The Morgan fingerprint density at radius 2 is 1.73 bits per heavy atom. The molecule has 0 radical (unpaired) electrons. The molecule has 0 saturated heterocycles. The van der Waals surface area contributed by atoms with Crippen LogP contribution in [0.5, 0.6) is 0 Å². The largest absolute Gasteiger partial charge is 0.399 e. The number of hydrogen-bond donors (Lipinski definition) is 3. The topological polar surface area (TPSA) is 73.0 Å². The van der Waals surface area contributed by atoms with Gasteiger partial charge < -0.3 is 25.7 Å². The third-order valence-electron chi connectivity index (χ3n) is 3.40. The van der Waals surface area contributed by atoms with Crippen LogP contribution >= 0.6 is 11.3 Å². The standard InChI is InChI=1S/C16H23N3O2S/c1-18(2)16-6-5-15(22-16)13-11-12(17)3-4-14(13)19(7-9-20)8-10-21/h3-6,11,20-21H,7-10,17H2,1-2H3. The highest BCUT2D eigenvalue weighted by Crippen LogP contribution is 2.39. The van der Waals surface area contributed by atoms with E-state index in [-0.39, 0.29) is 13.2 Å². The quantitative estimate of drug-likeness (QED) is 0.679. The van der Waals surface area contributed by atoms with Crippen LogP contribution in [0.15, 0.2) is 30.3 Å². The summed E-state index contributed by atoms with van der Waals surface area (Å²) in [4.78, 5) is 5.16. The normalized spacial score (nSPS) is 10.7. The maximum Gasteiger partial charge on any atom is 0.0909 e. The van der Waals surface area contributed by atoms with E-state index in [9.17, 15) is 10.2 Å². The van der Waals surface area contributed by atoms with Gasteiger partial charge in [-0.3, -0.25) is 0 Å². The van der Waals surface area contributed by atoms with Crippen molar-refractivity contribution in [2.75, 3.05) is 55.9 Å². The molecule has 120 valence electrons. The number of anilines is 3. The van der Waals surface area contributed by atoms with Crippen molar-refractivity contribution in [2.24, 2.45) is 0 Å². The molecule has 1 heterocycles. The molecular formula is C16H23N3O2S. The van der Waals surface area contributed by atoms with Crippen LogP contribution in [0.1, 0.15) is 0 Å². The fourth-order valence-electron chi connectivity index (χ4n) is 2.33. The zero-order valence-electron chi connectivity index (χ0n) is 13.0. The lowest BCUT2D eigenvalue weighted by Gasteiger charge is -2.25. The van der Waals surface area contributed by atoms with Gasteiger partial charge in [0.05, 0.1) is 18.2 Å². The van der Waals surface area contributed by atoms with Crippen LogP contribution in [0.25, 0.3) is 10.4 Å². The van der Waals surface area contributed by atoms with Crippen molar-refractivity contribution >= 4 is 27.7 Å². The molecule has 1 aromatic heterocycles. The van der Waals surface area contributed by atoms with Crippen molar-refractivity contribution in [2.45, 2.75) is 0 Å². The minimum atomic E-state index is 0.0389. The molecule has 0 aliphatic heterocycles. The summed E-state index contributed by atoms with van der Waals surface area (Å²) >= 11 is 1.69. The van der Waals surface area contributed by atoms with E-state index >= 15 is 0 Å². The Kier molecular flexibility index (Phi) is 5.65. The number of rotatable bonds is 7. The number of benzene rings is 1. The number of aliphatic hydroxyl groups is 2. The first-order chi connectivity index (χ1) is 10.6. The first-order valence-corrected chi connectivity index (χ1v) is 8.02. The average molecular weight is 321 g/mol. The minimum absolute atomic E-state index is 0.0389. The van der Waals surface area contributed by atoms with Crippen molar-refractivity contribution in [1.29, 1.82) is 0 Å². The highest BCUT2D eigenvalue weighted by Gasteiger charge is 2.14. The average Bonchev–Trinajstić information content (AvgIpc) is 2.97. The maximum atomic E-state index is 9.27. The van der Waals surface area contributed by atoms with Gasteiger partial charge in [0.25, 0.3) is 0 Å². The fraction of sp³-hybridized carbons (Fsp3) is 0.375. The number of nitrogens with two attached hydrogens (primary N) is 1. The van der Waals surface area contributed by atoms with E-state index in [1.807, 2.05) is 37.2 Å². The van der Waals surface area contributed by atoms with E-state index in [0.717, 1.165) is 16.1 Å². The molecule has 0 aliphatic rings. The molecular weight excluding hydrogens is 298 g/mol. The van der Waals surface area contributed by atoms with Gasteiger partial charge in [-0.25, -0.2) is 0 Å². The highest BCUT2D eigenvalue weighted by atomic mass is 32.1. The zero-order valence-corrected chi connectivity index (χ0v) is 13.8. The first kappa shape index (κ1) is 16.6. The number of aliphatic hydroxyl groups excluding tert-OH is 2. The number of hydrogen-bond acceptors (Lipinski definition) is 6. The zero-order chi connectivity index (χ0) is 16.1. The molecule has 0 saturated carbocycles. The lowest BCUT2D eigenvalue weighted by Crippen LogP contribution is -2.30. The van der Waals surface area contributed by atoms with Crippen molar-refractivity contribution in [3.8, 4) is 10.4 Å². The molecule has 0 amide bonds. The Balaban J connectivity index is 2.46. The first-order valence-electron chi connectivity index (χ1n) is 7.20. The van der Waals surface area contributed by atoms with Crippen LogP contribution in [0.2, 0.25) is 0 Å². The molecule has 0 aliphatic carbocycles. The molecule has 5 nitrogen and oxygen atoms in total. The van der Waals surface area contributed by atoms with E-state index in [1.54, 1.807) is 11.3 Å². The van der Waals surface area contributed by atoms with Gasteiger partial charge in [0.2, 0.25) is 0 Å². The minimum Gasteiger partial charge on any atom is -0.399 e. The lowest BCUT2D eigenvalue weighted by atomic mass is 10.1. The summed E-state index contributed by atoms with van der Waals surface area (Å²) in [5.41, 5.74) is 8.66. The maximum absolute atomic E-state index is 9.27. The Morgan fingerprint density at radius 1 is 1.05 bits per heavy atom. The van der Waals surface area contributed by atoms with Gasteiger partial charge in [-0.1, -0.05) is 0 Å². The fourth-order valence-corrected chi connectivity index (χ4v) is 3.29. The predicted molar refractivity (Wildman–Crippen MR) is 94.9 cm³/mol. The Hall–Kier alpha value is -1.76. The summed E-state index contributed by atoms with van der Waals surface area (Å²) in [5.74, 6) is 0. The summed E-state index contributed by atoms with van der Waals surface area (Å²) in [6, 6.07) is 9.90. The summed E-state index contributed by atoms with van der Waals surface area (Å²) in [5, 5.41) is 19.7. The van der Waals surface area contributed by atoms with Gasteiger partial charge in [-0.2, -0.15) is 0 Å². The summed E-state index contributed by atoms with van der Waals surface area (Å²) in [6.45, 7) is 1.03.